The average molecular weight is 149 g/mol. The van der Waals surface area contributed by atoms with Crippen LogP contribution in [0, 0.1) is 0 Å². The summed E-state index contributed by atoms with van der Waals surface area (Å²) in [6.45, 7) is 2.07. The molecule has 0 aromatic carbocycles. The molecular weight excluding hydrogens is 140 g/mol. The van der Waals surface area contributed by atoms with E-state index in [1.165, 1.54) is 4.91 Å². The van der Waals surface area contributed by atoms with E-state index in [-0.39, 0.29) is 0 Å². The summed E-state index contributed by atoms with van der Waals surface area (Å²) in [7, 11) is 5.07. The molecule has 8 heavy (non-hydrogen) atoms. The maximum atomic E-state index is 6.05. The van der Waals surface area contributed by atoms with E-state index in [1.807, 2.05) is 6.08 Å². The molecular formula is C6H9ClS. The van der Waals surface area contributed by atoms with Crippen molar-refractivity contribution in [2.45, 2.75) is 6.92 Å². The third-order valence-electron chi connectivity index (χ3n) is 1.29. The summed E-state index contributed by atoms with van der Waals surface area (Å²) >= 11 is 0. The molecule has 0 radical (unpaired) electrons. The lowest BCUT2D eigenvalue weighted by Crippen LogP contribution is -1.78. The first-order valence-corrected chi connectivity index (χ1v) is 5.39. The van der Waals surface area contributed by atoms with Gasteiger partial charge in [0.05, 0.1) is 0 Å². The largest absolute Gasteiger partial charge is 0.122 e. The molecule has 0 aromatic rings. The van der Waals surface area contributed by atoms with Crippen LogP contribution in [-0.4, -0.2) is 6.26 Å². The Morgan fingerprint density at radius 2 is 2.25 bits per heavy atom. The van der Waals surface area contributed by atoms with Crippen LogP contribution in [0.1, 0.15) is 6.92 Å². The van der Waals surface area contributed by atoms with Gasteiger partial charge in [-0.1, -0.05) is 22.8 Å². The summed E-state index contributed by atoms with van der Waals surface area (Å²) in [6, 6.07) is 0. The maximum absolute atomic E-state index is 6.05. The highest BCUT2D eigenvalue weighted by atomic mass is 35.7. The minimum absolute atomic E-state index is 0.972. The summed E-state index contributed by atoms with van der Waals surface area (Å²) in [5.74, 6) is 0. The first-order chi connectivity index (χ1) is 3.63. The number of rotatable bonds is 0. The molecule has 0 saturated carbocycles. The zero-order valence-corrected chi connectivity index (χ0v) is 6.59. The molecule has 0 saturated heterocycles. The Kier molecular flexibility index (Phi) is 1.42. The third kappa shape index (κ3) is 0.932. The molecule has 1 aliphatic rings. The molecule has 0 spiro atoms. The summed E-state index contributed by atoms with van der Waals surface area (Å²) in [5, 5.41) is 2.07. The highest BCUT2D eigenvalue weighted by Crippen LogP contribution is 2.60. The summed E-state index contributed by atoms with van der Waals surface area (Å²) < 4.78 is 0. The van der Waals surface area contributed by atoms with Gasteiger partial charge in [0.25, 0.3) is 0 Å². The standard InChI is InChI=1S/C6H9ClS/c1-6-4-3-5-8(6,2)7/h3-5H,1-2H3. The minimum Gasteiger partial charge on any atom is -0.122 e. The third-order valence-corrected chi connectivity index (χ3v) is 4.40. The van der Waals surface area contributed by atoms with Crippen LogP contribution >= 0.6 is 19.9 Å². The topological polar surface area (TPSA) is 0 Å². The monoisotopic (exact) mass is 148 g/mol. The first kappa shape index (κ1) is 6.24. The van der Waals surface area contributed by atoms with E-state index >= 15 is 0 Å². The van der Waals surface area contributed by atoms with Crippen LogP contribution in [0.3, 0.4) is 0 Å². The van der Waals surface area contributed by atoms with Crippen molar-refractivity contribution in [2.75, 3.05) is 6.26 Å². The molecule has 1 atom stereocenters. The predicted octanol–water partition coefficient (Wildman–Crippen LogP) is 3.01. The Morgan fingerprint density at radius 1 is 1.62 bits per heavy atom. The van der Waals surface area contributed by atoms with Crippen molar-refractivity contribution in [3.63, 3.8) is 0 Å². The zero-order valence-electron chi connectivity index (χ0n) is 5.02. The van der Waals surface area contributed by atoms with Gasteiger partial charge in [-0.2, -0.15) is 0 Å². The van der Waals surface area contributed by atoms with Crippen molar-refractivity contribution >= 4 is 19.9 Å². The van der Waals surface area contributed by atoms with E-state index in [4.69, 9.17) is 10.7 Å². The Morgan fingerprint density at radius 3 is 2.38 bits per heavy atom. The number of hydrogen-bond donors (Lipinski definition) is 0. The van der Waals surface area contributed by atoms with Gasteiger partial charge in [-0.05, 0) is 23.5 Å². The summed E-state index contributed by atoms with van der Waals surface area (Å²) in [5.41, 5.74) is 0. The highest BCUT2D eigenvalue weighted by molar-refractivity contribution is 8.55. The number of halogens is 1. The lowest BCUT2D eigenvalue weighted by molar-refractivity contribution is 1.69. The molecule has 1 rings (SSSR count). The number of allylic oxidation sites excluding steroid dienone is 3. The van der Waals surface area contributed by atoms with E-state index in [2.05, 4.69) is 24.7 Å². The molecule has 46 valence electrons. The second-order valence-electron chi connectivity index (χ2n) is 1.98. The molecule has 1 unspecified atom stereocenters. The van der Waals surface area contributed by atoms with Crippen LogP contribution in [0.15, 0.2) is 22.5 Å². The van der Waals surface area contributed by atoms with Gasteiger partial charge in [0.15, 0.2) is 0 Å². The fraction of sp³-hybridized carbons (Fsp3) is 0.333. The van der Waals surface area contributed by atoms with Crippen LogP contribution in [0.4, 0.5) is 0 Å². The molecule has 0 aromatic heterocycles. The number of hydrogen-bond acceptors (Lipinski definition) is 0. The zero-order chi connectivity index (χ0) is 6.20. The van der Waals surface area contributed by atoms with E-state index in [0.29, 0.717) is 0 Å². The lowest BCUT2D eigenvalue weighted by atomic mass is 10.5. The molecule has 0 aliphatic carbocycles. The summed E-state index contributed by atoms with van der Waals surface area (Å²) in [6.07, 6.45) is 6.17. The van der Waals surface area contributed by atoms with E-state index in [9.17, 15) is 0 Å². The van der Waals surface area contributed by atoms with Gasteiger partial charge in [0.2, 0.25) is 0 Å². The van der Waals surface area contributed by atoms with Crippen LogP contribution in [0.2, 0.25) is 0 Å². The van der Waals surface area contributed by atoms with Crippen molar-refractivity contribution < 1.29 is 0 Å². The SMILES string of the molecule is CC1=CC=CS1(C)Cl. The van der Waals surface area contributed by atoms with Crippen LogP contribution in [0.25, 0.3) is 0 Å². The van der Waals surface area contributed by atoms with Crippen LogP contribution in [0.5, 0.6) is 0 Å². The van der Waals surface area contributed by atoms with Gasteiger partial charge in [-0.3, -0.25) is 0 Å². The van der Waals surface area contributed by atoms with Gasteiger partial charge in [-0.25, -0.2) is 0 Å². The fourth-order valence-electron chi connectivity index (χ4n) is 0.563. The predicted molar refractivity (Wildman–Crippen MR) is 42.3 cm³/mol. The first-order valence-electron chi connectivity index (χ1n) is 2.46. The van der Waals surface area contributed by atoms with Crippen molar-refractivity contribution in [1.82, 2.24) is 0 Å². The van der Waals surface area contributed by atoms with Gasteiger partial charge < -0.3 is 0 Å². The smallest absolute Gasteiger partial charge is 0.0143 e. The molecule has 0 nitrogen and oxygen atoms in total. The Hall–Kier alpha value is 0.120. The van der Waals surface area contributed by atoms with Gasteiger partial charge in [-0.15, -0.1) is 9.24 Å². The van der Waals surface area contributed by atoms with Crippen molar-refractivity contribution in [1.29, 1.82) is 0 Å². The molecule has 0 amide bonds. The van der Waals surface area contributed by atoms with Crippen molar-refractivity contribution in [3.05, 3.63) is 22.5 Å². The highest BCUT2D eigenvalue weighted by Gasteiger charge is 2.15. The molecule has 0 bridgehead atoms. The van der Waals surface area contributed by atoms with Crippen LogP contribution < -0.4 is 0 Å². The lowest BCUT2D eigenvalue weighted by Gasteiger charge is -2.19. The van der Waals surface area contributed by atoms with Gasteiger partial charge >= 0.3 is 0 Å². The second-order valence-corrected chi connectivity index (χ2v) is 6.58. The van der Waals surface area contributed by atoms with Crippen molar-refractivity contribution in [3.8, 4) is 0 Å². The van der Waals surface area contributed by atoms with Gasteiger partial charge in [0.1, 0.15) is 0 Å². The van der Waals surface area contributed by atoms with E-state index in [1.54, 1.807) is 0 Å². The fourth-order valence-corrected chi connectivity index (χ4v) is 1.83. The second kappa shape index (κ2) is 1.82. The Balaban J connectivity index is 2.87. The van der Waals surface area contributed by atoms with E-state index in [0.717, 1.165) is 0 Å². The van der Waals surface area contributed by atoms with E-state index < -0.39 is 9.24 Å². The Bertz CT molecular complexity index is 156. The van der Waals surface area contributed by atoms with Crippen molar-refractivity contribution in [2.24, 2.45) is 0 Å². The molecule has 0 N–H and O–H groups in total. The molecule has 1 aliphatic heterocycles. The van der Waals surface area contributed by atoms with Crippen LogP contribution in [-0.2, 0) is 0 Å². The summed E-state index contributed by atoms with van der Waals surface area (Å²) in [4.78, 5) is 1.30. The molecule has 0 fully saturated rings. The Labute approximate surface area is 56.0 Å². The molecule has 1 heterocycles. The average Bonchev–Trinajstić information content (AvgIpc) is 1.86. The maximum Gasteiger partial charge on any atom is -0.0143 e. The van der Waals surface area contributed by atoms with Gasteiger partial charge in [0, 0.05) is 0 Å². The normalized spacial score (nSPS) is 43.6. The quantitative estimate of drug-likeness (QED) is 0.496. The molecule has 2 heteroatoms. The minimum atomic E-state index is -0.972.